The molecule has 0 aliphatic heterocycles. The second-order valence-electron chi connectivity index (χ2n) is 4.64. The second kappa shape index (κ2) is 8.35. The van der Waals surface area contributed by atoms with Crippen molar-refractivity contribution in [3.8, 4) is 0 Å². The third kappa shape index (κ3) is 6.55. The first-order valence-corrected chi connectivity index (χ1v) is 6.82. The topological polar surface area (TPSA) is 68.0 Å². The molecule has 0 saturated carbocycles. The predicted octanol–water partition coefficient (Wildman–Crippen LogP) is 3.40. The van der Waals surface area contributed by atoms with Crippen LogP contribution in [-0.4, -0.2) is 16.0 Å². The van der Waals surface area contributed by atoms with E-state index in [0.29, 0.717) is 12.8 Å². The van der Waals surface area contributed by atoms with Crippen molar-refractivity contribution in [2.75, 3.05) is 0 Å². The van der Waals surface area contributed by atoms with Crippen molar-refractivity contribution in [1.82, 2.24) is 15.5 Å². The van der Waals surface area contributed by atoms with Crippen LogP contribution < -0.4 is 5.32 Å². The Balaban J connectivity index is 2.28. The van der Waals surface area contributed by atoms with Gasteiger partial charge in [-0.25, -0.2) is 0 Å². The largest absolute Gasteiger partial charge is 0.471 e. The summed E-state index contributed by atoms with van der Waals surface area (Å²) in [6.07, 6.45) is 2.35. The lowest BCUT2D eigenvalue weighted by Gasteiger charge is -2.04. The van der Waals surface area contributed by atoms with Crippen molar-refractivity contribution in [1.29, 1.82) is 0 Å². The van der Waals surface area contributed by atoms with Crippen LogP contribution in [0.1, 0.15) is 44.8 Å². The molecule has 0 radical (unpaired) electrons. The molecular formula is C14H18F3N3O2. The molecule has 0 atom stereocenters. The number of halogens is 3. The van der Waals surface area contributed by atoms with Gasteiger partial charge in [-0.15, -0.1) is 0 Å². The zero-order chi connectivity index (χ0) is 16.6. The number of allylic oxidation sites excluding steroid dienone is 4. The zero-order valence-corrected chi connectivity index (χ0v) is 12.4. The summed E-state index contributed by atoms with van der Waals surface area (Å²) in [4.78, 5) is 14.8. The van der Waals surface area contributed by atoms with Crippen LogP contribution >= 0.6 is 0 Å². The molecule has 8 heteroatoms. The fourth-order valence-electron chi connectivity index (χ4n) is 1.60. The number of hydrogen-bond acceptors (Lipinski definition) is 4. The van der Waals surface area contributed by atoms with Crippen LogP contribution in [0, 0.1) is 0 Å². The summed E-state index contributed by atoms with van der Waals surface area (Å²) in [6, 6.07) is 0. The summed E-state index contributed by atoms with van der Waals surface area (Å²) >= 11 is 0. The van der Waals surface area contributed by atoms with E-state index in [2.05, 4.69) is 20.0 Å². The third-order valence-corrected chi connectivity index (χ3v) is 2.64. The lowest BCUT2D eigenvalue weighted by Crippen LogP contribution is -2.20. The van der Waals surface area contributed by atoms with Crippen LogP contribution in [0.25, 0.3) is 0 Å². The van der Waals surface area contributed by atoms with Gasteiger partial charge in [0.05, 0.1) is 0 Å². The van der Waals surface area contributed by atoms with Crippen molar-refractivity contribution in [2.24, 2.45) is 0 Å². The molecule has 1 aromatic heterocycles. The van der Waals surface area contributed by atoms with Crippen LogP contribution in [0.15, 0.2) is 28.4 Å². The highest BCUT2D eigenvalue weighted by Gasteiger charge is 2.38. The molecular weight excluding hydrogens is 299 g/mol. The number of aromatic nitrogens is 2. The van der Waals surface area contributed by atoms with Gasteiger partial charge < -0.3 is 9.84 Å². The number of hydrogen-bond donors (Lipinski definition) is 1. The first-order valence-electron chi connectivity index (χ1n) is 6.82. The van der Waals surface area contributed by atoms with Crippen LogP contribution in [0.3, 0.4) is 0 Å². The van der Waals surface area contributed by atoms with E-state index in [1.165, 1.54) is 0 Å². The summed E-state index contributed by atoms with van der Waals surface area (Å²) in [5.41, 5.74) is 0.732. The molecule has 0 spiro atoms. The molecule has 0 fully saturated rings. The number of alkyl halides is 3. The Bertz CT molecular complexity index is 548. The molecule has 0 aromatic carbocycles. The van der Waals surface area contributed by atoms with E-state index in [4.69, 9.17) is 0 Å². The van der Waals surface area contributed by atoms with Gasteiger partial charge in [-0.3, -0.25) is 4.79 Å². The molecule has 1 rings (SSSR count). The van der Waals surface area contributed by atoms with Gasteiger partial charge in [0, 0.05) is 18.5 Å². The molecule has 1 amide bonds. The highest BCUT2D eigenvalue weighted by Crippen LogP contribution is 2.27. The smallest absolute Gasteiger partial charge is 0.330 e. The highest BCUT2D eigenvalue weighted by atomic mass is 19.4. The van der Waals surface area contributed by atoms with Crippen LogP contribution in [0.5, 0.6) is 0 Å². The number of nitrogens with one attached hydrogen (secondary N) is 1. The van der Waals surface area contributed by atoms with Gasteiger partial charge in [-0.2, -0.15) is 18.2 Å². The zero-order valence-electron chi connectivity index (χ0n) is 12.4. The Morgan fingerprint density at radius 2 is 2.09 bits per heavy atom. The van der Waals surface area contributed by atoms with Gasteiger partial charge in [0.25, 0.3) is 0 Å². The maximum absolute atomic E-state index is 12.2. The number of carbonyl (C=O) groups is 1. The maximum Gasteiger partial charge on any atom is 0.471 e. The number of unbranched alkanes of at least 4 members (excludes halogenated alkanes) is 1. The van der Waals surface area contributed by atoms with Crippen molar-refractivity contribution >= 4 is 5.91 Å². The molecule has 5 nitrogen and oxygen atoms in total. The normalized spacial score (nSPS) is 12.9. The van der Waals surface area contributed by atoms with E-state index >= 15 is 0 Å². The second-order valence-corrected chi connectivity index (χ2v) is 4.64. The molecule has 0 aliphatic rings. The number of aryl methyl sites for hydroxylation is 1. The van der Waals surface area contributed by atoms with E-state index in [-0.39, 0.29) is 24.6 Å². The Morgan fingerprint density at radius 1 is 1.36 bits per heavy atom. The van der Waals surface area contributed by atoms with Crippen molar-refractivity contribution in [3.05, 3.63) is 35.6 Å². The van der Waals surface area contributed by atoms with Crippen molar-refractivity contribution in [2.45, 2.75) is 45.7 Å². The first kappa shape index (κ1) is 17.9. The summed E-state index contributed by atoms with van der Waals surface area (Å²) in [6.45, 7) is 3.64. The van der Waals surface area contributed by atoms with Crippen LogP contribution in [0.2, 0.25) is 0 Å². The van der Waals surface area contributed by atoms with E-state index in [0.717, 1.165) is 5.70 Å². The summed E-state index contributed by atoms with van der Waals surface area (Å²) in [5, 5.41) is 5.97. The highest BCUT2D eigenvalue weighted by molar-refractivity contribution is 5.77. The minimum atomic E-state index is -4.62. The fraction of sp³-hybridized carbons (Fsp3) is 0.500. The van der Waals surface area contributed by atoms with Gasteiger partial charge >= 0.3 is 12.1 Å². The van der Waals surface area contributed by atoms with Gasteiger partial charge in [0.15, 0.2) is 5.82 Å². The molecule has 0 bridgehead atoms. The Kier molecular flexibility index (Phi) is 6.81. The Labute approximate surface area is 126 Å². The molecule has 0 aliphatic carbocycles. The molecule has 1 heterocycles. The third-order valence-electron chi connectivity index (χ3n) is 2.64. The lowest BCUT2D eigenvalue weighted by molar-refractivity contribution is -0.159. The minimum Gasteiger partial charge on any atom is -0.330 e. The van der Waals surface area contributed by atoms with Gasteiger partial charge in [-0.05, 0) is 32.8 Å². The van der Waals surface area contributed by atoms with Crippen molar-refractivity contribution in [3.63, 3.8) is 0 Å². The predicted molar refractivity (Wildman–Crippen MR) is 73.6 cm³/mol. The average molecular weight is 317 g/mol. The Hall–Kier alpha value is -2.12. The summed E-state index contributed by atoms with van der Waals surface area (Å²) in [7, 11) is 0. The number of rotatable bonds is 7. The van der Waals surface area contributed by atoms with E-state index in [1.807, 2.05) is 19.1 Å². The molecule has 22 heavy (non-hydrogen) atoms. The summed E-state index contributed by atoms with van der Waals surface area (Å²) in [5.74, 6) is -1.48. The minimum absolute atomic E-state index is 0.00288. The van der Waals surface area contributed by atoms with E-state index in [9.17, 15) is 18.0 Å². The van der Waals surface area contributed by atoms with Crippen LogP contribution in [-0.2, 0) is 17.4 Å². The van der Waals surface area contributed by atoms with Gasteiger partial charge in [-0.1, -0.05) is 17.3 Å². The molecule has 0 saturated heterocycles. The van der Waals surface area contributed by atoms with Gasteiger partial charge in [0.2, 0.25) is 5.91 Å². The Morgan fingerprint density at radius 3 is 2.68 bits per heavy atom. The molecule has 122 valence electrons. The first-order chi connectivity index (χ1) is 10.3. The molecule has 1 aromatic rings. The summed E-state index contributed by atoms with van der Waals surface area (Å²) < 4.78 is 40.9. The van der Waals surface area contributed by atoms with Gasteiger partial charge in [0.1, 0.15) is 0 Å². The van der Waals surface area contributed by atoms with E-state index in [1.54, 1.807) is 13.0 Å². The molecule has 1 N–H and O–H groups in total. The average Bonchev–Trinajstić information content (AvgIpc) is 2.90. The molecule has 0 unspecified atom stereocenters. The fourth-order valence-corrected chi connectivity index (χ4v) is 1.60. The number of carbonyl (C=O) groups excluding carboxylic acids is 1. The van der Waals surface area contributed by atoms with Crippen molar-refractivity contribution < 1.29 is 22.5 Å². The van der Waals surface area contributed by atoms with Crippen LogP contribution in [0.4, 0.5) is 13.2 Å². The maximum atomic E-state index is 12.2. The van der Waals surface area contributed by atoms with E-state index < -0.39 is 12.1 Å². The number of amides is 1. The standard InChI is InChI=1S/C14H18F3N3O2/c1-3-4-7-10(2)18-12(21)9-6-5-8-11-19-13(22-20-11)14(15,16)17/h3-4,7H,5-6,8-9H2,1-2H3,(H,18,21). The monoisotopic (exact) mass is 317 g/mol. The number of nitrogens with zero attached hydrogens (tertiary/aromatic N) is 2. The quantitative estimate of drug-likeness (QED) is 0.618. The lowest BCUT2D eigenvalue weighted by atomic mass is 10.2. The SMILES string of the molecule is CC=CC=C(C)NC(=O)CCCCc1noc(C(F)(F)F)n1.